The molecule has 0 aliphatic heterocycles. The molecule has 0 aliphatic carbocycles. The van der Waals surface area contributed by atoms with Gasteiger partial charge in [0.25, 0.3) is 11.5 Å². The van der Waals surface area contributed by atoms with Gasteiger partial charge in [0, 0.05) is 27.9 Å². The lowest BCUT2D eigenvalue weighted by Crippen LogP contribution is -2.15. The molecule has 0 aliphatic rings. The summed E-state index contributed by atoms with van der Waals surface area (Å²) in [6, 6.07) is 16.1. The van der Waals surface area contributed by atoms with Gasteiger partial charge in [0.05, 0.1) is 11.3 Å². The monoisotopic (exact) mass is 481 g/mol. The van der Waals surface area contributed by atoms with Crippen molar-refractivity contribution >= 4 is 39.1 Å². The number of anilines is 1. The molecule has 0 bridgehead atoms. The van der Waals surface area contributed by atoms with Crippen molar-refractivity contribution in [3.8, 4) is 0 Å². The number of halogens is 1. The van der Waals surface area contributed by atoms with Gasteiger partial charge in [0.2, 0.25) is 0 Å². The maximum absolute atomic E-state index is 12.3. The van der Waals surface area contributed by atoms with E-state index in [9.17, 15) is 14.4 Å². The Balaban J connectivity index is 1.38. The molecule has 0 spiro atoms. The first-order valence-electron chi connectivity index (χ1n) is 9.23. The average molecular weight is 482 g/mol. The molecule has 9 heteroatoms. The number of nitrogens with one attached hydrogen (secondary N) is 1. The van der Waals surface area contributed by atoms with Gasteiger partial charge in [0.1, 0.15) is 12.4 Å². The standard InChI is InChI=1S/C22H16BrN3O5/c1-13-10-19-24-18(11-20(27)26(19)31-13)12-30-22(29)15-4-8-17(9-5-15)25-21(28)14-2-6-16(23)7-3-14/h2-11H,12H2,1H3,(H,25,28). The van der Waals surface area contributed by atoms with Gasteiger partial charge in [-0.2, -0.15) is 0 Å². The van der Waals surface area contributed by atoms with Crippen LogP contribution in [0.25, 0.3) is 5.65 Å². The molecule has 0 unspecified atom stereocenters. The first-order valence-corrected chi connectivity index (χ1v) is 10.0. The Bertz CT molecular complexity index is 1320. The zero-order valence-electron chi connectivity index (χ0n) is 16.3. The van der Waals surface area contributed by atoms with Crippen molar-refractivity contribution in [3.05, 3.63) is 98.1 Å². The lowest BCUT2D eigenvalue weighted by molar-refractivity contribution is 0.0467. The third kappa shape index (κ3) is 4.72. The summed E-state index contributed by atoms with van der Waals surface area (Å²) in [6.07, 6.45) is 0. The predicted octanol–water partition coefficient (Wildman–Crippen LogP) is 3.97. The van der Waals surface area contributed by atoms with Crippen LogP contribution in [0.15, 0.2) is 74.5 Å². The maximum Gasteiger partial charge on any atom is 0.338 e. The van der Waals surface area contributed by atoms with Crippen LogP contribution < -0.4 is 10.9 Å². The smallest absolute Gasteiger partial charge is 0.338 e. The summed E-state index contributed by atoms with van der Waals surface area (Å²) in [7, 11) is 0. The normalized spacial score (nSPS) is 10.8. The number of hydrogen-bond acceptors (Lipinski definition) is 6. The van der Waals surface area contributed by atoms with Crippen LogP contribution in [0.4, 0.5) is 5.69 Å². The van der Waals surface area contributed by atoms with E-state index in [0.29, 0.717) is 33.9 Å². The predicted molar refractivity (Wildman–Crippen MR) is 116 cm³/mol. The van der Waals surface area contributed by atoms with Gasteiger partial charge in [-0.15, -0.1) is 4.57 Å². The zero-order chi connectivity index (χ0) is 22.0. The SMILES string of the molecule is Cc1cc2nc(COC(=O)c3ccc(NC(=O)c4ccc(Br)cc4)cc3)cc(=O)n2o1. The largest absolute Gasteiger partial charge is 0.456 e. The molecule has 1 N–H and O–H groups in total. The summed E-state index contributed by atoms with van der Waals surface area (Å²) in [6.45, 7) is 1.55. The van der Waals surface area contributed by atoms with E-state index in [-0.39, 0.29) is 12.5 Å². The molecule has 156 valence electrons. The molecule has 2 aromatic carbocycles. The Hall–Kier alpha value is -3.72. The number of ether oxygens (including phenoxy) is 1. The van der Waals surface area contributed by atoms with Crippen LogP contribution in [0.5, 0.6) is 0 Å². The van der Waals surface area contributed by atoms with E-state index in [4.69, 9.17) is 9.26 Å². The Kier molecular flexibility index (Phi) is 5.68. The Morgan fingerprint density at radius 2 is 1.74 bits per heavy atom. The van der Waals surface area contributed by atoms with Gasteiger partial charge >= 0.3 is 5.97 Å². The molecule has 1 amide bonds. The molecule has 0 saturated heterocycles. The maximum atomic E-state index is 12.3. The highest BCUT2D eigenvalue weighted by molar-refractivity contribution is 9.10. The molecular formula is C22H16BrN3O5. The molecule has 4 aromatic rings. The van der Waals surface area contributed by atoms with Crippen LogP contribution in [-0.4, -0.2) is 21.4 Å². The molecule has 0 fully saturated rings. The van der Waals surface area contributed by atoms with E-state index in [1.54, 1.807) is 61.5 Å². The number of rotatable bonds is 5. The van der Waals surface area contributed by atoms with Gasteiger partial charge in [-0.3, -0.25) is 9.59 Å². The van der Waals surface area contributed by atoms with Crippen molar-refractivity contribution in [3.63, 3.8) is 0 Å². The van der Waals surface area contributed by atoms with Gasteiger partial charge < -0.3 is 14.6 Å². The van der Waals surface area contributed by atoms with Crippen molar-refractivity contribution in [2.24, 2.45) is 0 Å². The topological polar surface area (TPSA) is 103 Å². The van der Waals surface area contributed by atoms with Crippen LogP contribution in [0.3, 0.4) is 0 Å². The zero-order valence-corrected chi connectivity index (χ0v) is 17.9. The van der Waals surface area contributed by atoms with Crippen LogP contribution in [0.2, 0.25) is 0 Å². The van der Waals surface area contributed by atoms with E-state index in [1.165, 1.54) is 6.07 Å². The molecule has 2 heterocycles. The molecule has 0 atom stereocenters. The summed E-state index contributed by atoms with van der Waals surface area (Å²) in [5.41, 5.74) is 1.63. The second-order valence-electron chi connectivity index (χ2n) is 6.70. The fourth-order valence-electron chi connectivity index (χ4n) is 2.86. The Morgan fingerprint density at radius 1 is 1.06 bits per heavy atom. The first-order chi connectivity index (χ1) is 14.9. The number of hydrogen-bond donors (Lipinski definition) is 1. The second-order valence-corrected chi connectivity index (χ2v) is 7.61. The summed E-state index contributed by atoms with van der Waals surface area (Å²) < 4.78 is 12.4. The quantitative estimate of drug-likeness (QED) is 0.432. The molecule has 4 rings (SSSR count). The molecule has 2 aromatic heterocycles. The molecule has 8 nitrogen and oxygen atoms in total. The van der Waals surface area contributed by atoms with Crippen molar-refractivity contribution in [2.45, 2.75) is 13.5 Å². The molecular weight excluding hydrogens is 466 g/mol. The number of fused-ring (bicyclic) bond motifs is 1. The van der Waals surface area contributed by atoms with E-state index < -0.39 is 11.5 Å². The third-order valence-corrected chi connectivity index (χ3v) is 4.89. The van der Waals surface area contributed by atoms with Gasteiger partial charge in [-0.05, 0) is 55.5 Å². The summed E-state index contributed by atoms with van der Waals surface area (Å²) >= 11 is 3.33. The average Bonchev–Trinajstić information content (AvgIpc) is 3.14. The number of amides is 1. The minimum absolute atomic E-state index is 0.156. The minimum atomic E-state index is -0.573. The Labute approximate surface area is 184 Å². The summed E-state index contributed by atoms with van der Waals surface area (Å²) in [4.78, 5) is 40.8. The van der Waals surface area contributed by atoms with E-state index in [1.807, 2.05) is 0 Å². The van der Waals surface area contributed by atoms with Crippen LogP contribution in [-0.2, 0) is 11.3 Å². The molecule has 0 saturated carbocycles. The van der Waals surface area contributed by atoms with Gasteiger partial charge in [-0.25, -0.2) is 9.78 Å². The number of carbonyl (C=O) groups is 2. The number of esters is 1. The summed E-state index contributed by atoms with van der Waals surface area (Å²) in [5, 5.41) is 2.76. The highest BCUT2D eigenvalue weighted by Gasteiger charge is 2.12. The number of benzene rings is 2. The van der Waals surface area contributed by atoms with Crippen LogP contribution >= 0.6 is 15.9 Å². The fraction of sp³-hybridized carbons (Fsp3) is 0.0909. The molecule has 31 heavy (non-hydrogen) atoms. The van der Waals surface area contributed by atoms with Gasteiger partial charge in [-0.1, -0.05) is 15.9 Å². The highest BCUT2D eigenvalue weighted by Crippen LogP contribution is 2.15. The highest BCUT2D eigenvalue weighted by atomic mass is 79.9. The van der Waals surface area contributed by atoms with Crippen molar-refractivity contribution in [1.82, 2.24) is 9.56 Å². The number of aryl methyl sites for hydroxylation is 1. The minimum Gasteiger partial charge on any atom is -0.456 e. The third-order valence-electron chi connectivity index (χ3n) is 4.36. The first kappa shape index (κ1) is 20.5. The van der Waals surface area contributed by atoms with Crippen LogP contribution in [0, 0.1) is 6.92 Å². The van der Waals surface area contributed by atoms with Gasteiger partial charge in [0.15, 0.2) is 5.65 Å². The van der Waals surface area contributed by atoms with Crippen LogP contribution in [0.1, 0.15) is 32.2 Å². The number of carbonyl (C=O) groups excluding carboxylic acids is 2. The summed E-state index contributed by atoms with van der Waals surface area (Å²) in [5.74, 6) is -0.285. The number of aromatic nitrogens is 2. The Morgan fingerprint density at radius 3 is 2.45 bits per heavy atom. The lowest BCUT2D eigenvalue weighted by atomic mass is 10.2. The van der Waals surface area contributed by atoms with Crippen molar-refractivity contribution in [1.29, 1.82) is 0 Å². The lowest BCUT2D eigenvalue weighted by Gasteiger charge is -2.07. The van der Waals surface area contributed by atoms with E-state index >= 15 is 0 Å². The molecule has 0 radical (unpaired) electrons. The van der Waals surface area contributed by atoms with E-state index in [0.717, 1.165) is 9.05 Å². The second kappa shape index (κ2) is 8.57. The van der Waals surface area contributed by atoms with E-state index in [2.05, 4.69) is 26.2 Å². The van der Waals surface area contributed by atoms with Crippen molar-refractivity contribution in [2.75, 3.05) is 5.32 Å². The van der Waals surface area contributed by atoms with Crippen molar-refractivity contribution < 1.29 is 18.8 Å². The number of nitrogens with zero attached hydrogens (tertiary/aromatic N) is 2. The fourth-order valence-corrected chi connectivity index (χ4v) is 3.13.